The average Bonchev–Trinajstić information content (AvgIpc) is 3.72. The Balaban J connectivity index is 1.55. The second-order valence-corrected chi connectivity index (χ2v) is 18.9. The monoisotopic (exact) mass is 885 g/mol. The molecule has 1 unspecified atom stereocenters. The second kappa shape index (κ2) is 17.0. The van der Waals surface area contributed by atoms with E-state index in [9.17, 15) is 39.3 Å². The van der Waals surface area contributed by atoms with Gasteiger partial charge in [-0.3, -0.25) is 9.59 Å². The van der Waals surface area contributed by atoms with Crippen molar-refractivity contribution < 1.29 is 77.2 Å². The number of ether oxygens (including phenoxy) is 7. The summed E-state index contributed by atoms with van der Waals surface area (Å²) in [7, 11) is 0. The lowest BCUT2D eigenvalue weighted by Crippen LogP contribution is -2.82. The first-order valence-electron chi connectivity index (χ1n) is 20.4. The Morgan fingerprint density at radius 2 is 1.69 bits per heavy atom. The van der Waals surface area contributed by atoms with E-state index in [1.807, 2.05) is 0 Å². The molecule has 1 amide bonds. The van der Waals surface area contributed by atoms with Crippen LogP contribution in [-0.2, 0) is 47.5 Å². The van der Waals surface area contributed by atoms with Gasteiger partial charge in [-0.05, 0) is 76.3 Å². The molecular formula is C44H55NO16S. The molecule has 3 fully saturated rings. The topological polar surface area (TPSA) is 240 Å². The van der Waals surface area contributed by atoms with E-state index in [1.54, 1.807) is 56.5 Å². The lowest BCUT2D eigenvalue weighted by atomic mass is 9.44. The third-order valence-electron chi connectivity index (χ3n) is 12.7. The van der Waals surface area contributed by atoms with Gasteiger partial charge in [-0.15, -0.1) is 11.3 Å². The van der Waals surface area contributed by atoms with Gasteiger partial charge in [0.15, 0.2) is 23.6 Å². The van der Waals surface area contributed by atoms with Crippen LogP contribution in [0.2, 0.25) is 0 Å². The molecule has 3 aliphatic carbocycles. The van der Waals surface area contributed by atoms with E-state index in [0.717, 1.165) is 18.3 Å². The molecule has 17 nitrogen and oxygen atoms in total. The van der Waals surface area contributed by atoms with Gasteiger partial charge in [0, 0.05) is 30.1 Å². The molecule has 338 valence electrons. The van der Waals surface area contributed by atoms with E-state index in [2.05, 4.69) is 5.32 Å². The van der Waals surface area contributed by atoms with Crippen LogP contribution in [0.25, 0.3) is 0 Å². The van der Waals surface area contributed by atoms with Gasteiger partial charge in [-0.2, -0.15) is 0 Å². The molecule has 4 N–H and O–H groups in total. The van der Waals surface area contributed by atoms with Gasteiger partial charge in [0.25, 0.3) is 0 Å². The number of nitrogens with one attached hydrogen (secondary N) is 1. The van der Waals surface area contributed by atoms with Crippen LogP contribution in [-0.4, -0.2) is 118 Å². The number of hydrogen-bond acceptors (Lipinski definition) is 17. The molecule has 6 rings (SSSR count). The average molecular weight is 886 g/mol. The highest BCUT2D eigenvalue weighted by Gasteiger charge is 2.78. The van der Waals surface area contributed by atoms with Gasteiger partial charge < -0.3 is 53.8 Å². The van der Waals surface area contributed by atoms with Crippen molar-refractivity contribution >= 4 is 47.3 Å². The highest BCUT2D eigenvalue weighted by atomic mass is 32.1. The molecule has 0 radical (unpaired) electrons. The van der Waals surface area contributed by atoms with Crippen LogP contribution >= 0.6 is 11.3 Å². The Morgan fingerprint density at radius 3 is 2.26 bits per heavy atom. The molecule has 2 bridgehead atoms. The van der Waals surface area contributed by atoms with Crippen molar-refractivity contribution in [2.45, 2.75) is 135 Å². The van der Waals surface area contributed by atoms with Gasteiger partial charge >= 0.3 is 30.2 Å². The maximum absolute atomic E-state index is 15.6. The number of Topliss-reactive ketones (excluding diaryl/α,β-unsaturated/α-hetero) is 1. The first kappa shape index (κ1) is 46.6. The smallest absolute Gasteiger partial charge is 0.456 e. The molecule has 2 heterocycles. The Labute approximate surface area is 363 Å². The minimum atomic E-state index is -2.43. The number of ketones is 1. The number of aliphatic hydroxyl groups is 3. The van der Waals surface area contributed by atoms with E-state index in [-0.39, 0.29) is 36.3 Å². The van der Waals surface area contributed by atoms with Gasteiger partial charge in [-0.25, -0.2) is 19.2 Å². The number of hydrogen-bond donors (Lipinski definition) is 4. The van der Waals surface area contributed by atoms with E-state index in [1.165, 1.54) is 46.8 Å². The second-order valence-electron chi connectivity index (χ2n) is 18.0. The van der Waals surface area contributed by atoms with Crippen molar-refractivity contribution in [1.82, 2.24) is 5.32 Å². The van der Waals surface area contributed by atoms with Crippen molar-refractivity contribution in [1.29, 1.82) is 0 Å². The zero-order valence-electron chi connectivity index (χ0n) is 36.1. The maximum atomic E-state index is 15.6. The summed E-state index contributed by atoms with van der Waals surface area (Å²) in [6.07, 6.45) is -13.1. The number of benzene rings is 1. The predicted molar refractivity (Wildman–Crippen MR) is 217 cm³/mol. The summed E-state index contributed by atoms with van der Waals surface area (Å²) in [6, 6.07) is 9.65. The minimum absolute atomic E-state index is 0.0535. The largest absolute Gasteiger partial charge is 0.509 e. The number of aliphatic hydroxyl groups excluding tert-OH is 2. The molecule has 2 aromatic rings. The van der Waals surface area contributed by atoms with Gasteiger partial charge in [0.1, 0.15) is 35.6 Å². The molecule has 2 saturated carbocycles. The summed E-state index contributed by atoms with van der Waals surface area (Å²) in [5.74, 6) is -5.53. The highest BCUT2D eigenvalue weighted by Crippen LogP contribution is 2.64. The number of esters is 3. The van der Waals surface area contributed by atoms with Crippen molar-refractivity contribution in [2.75, 3.05) is 13.2 Å². The summed E-state index contributed by atoms with van der Waals surface area (Å²) in [5, 5.41) is 41.6. The molecule has 4 aliphatic rings. The Hall–Kier alpha value is -4.88. The van der Waals surface area contributed by atoms with Gasteiger partial charge in [0.05, 0.1) is 36.2 Å². The molecule has 0 spiro atoms. The quantitative estimate of drug-likeness (QED) is 0.146. The number of fused-ring (bicyclic) bond motifs is 5. The third-order valence-corrected chi connectivity index (χ3v) is 13.7. The highest BCUT2D eigenvalue weighted by molar-refractivity contribution is 7.10. The fourth-order valence-corrected chi connectivity index (χ4v) is 10.5. The molecular weight excluding hydrogens is 831 g/mol. The fourth-order valence-electron chi connectivity index (χ4n) is 9.65. The van der Waals surface area contributed by atoms with Gasteiger partial charge in [0.2, 0.25) is 0 Å². The Kier molecular flexibility index (Phi) is 12.8. The van der Waals surface area contributed by atoms with E-state index >= 15 is 4.79 Å². The third kappa shape index (κ3) is 8.11. The number of amides is 1. The van der Waals surface area contributed by atoms with E-state index in [4.69, 9.17) is 33.2 Å². The van der Waals surface area contributed by atoms with E-state index in [0.29, 0.717) is 4.88 Å². The van der Waals surface area contributed by atoms with E-state index < -0.39 is 119 Å². The zero-order chi connectivity index (χ0) is 45.7. The summed E-state index contributed by atoms with van der Waals surface area (Å²) in [5.41, 5.74) is -8.89. The van der Waals surface area contributed by atoms with Crippen LogP contribution in [0.15, 0.2) is 59.0 Å². The summed E-state index contributed by atoms with van der Waals surface area (Å²) in [6.45, 7) is 13.0. The number of carbonyl (C=O) groups is 6. The summed E-state index contributed by atoms with van der Waals surface area (Å²) < 4.78 is 40.7. The number of thiophene rings is 1. The molecule has 1 aromatic carbocycles. The van der Waals surface area contributed by atoms with Crippen LogP contribution in [0.4, 0.5) is 9.59 Å². The van der Waals surface area contributed by atoms with Crippen LogP contribution in [0.5, 0.6) is 0 Å². The van der Waals surface area contributed by atoms with Crippen LogP contribution in [0, 0.1) is 16.7 Å². The maximum Gasteiger partial charge on any atom is 0.509 e. The zero-order valence-corrected chi connectivity index (χ0v) is 36.9. The van der Waals surface area contributed by atoms with Crippen molar-refractivity contribution in [2.24, 2.45) is 16.7 Å². The van der Waals surface area contributed by atoms with Crippen LogP contribution < -0.4 is 5.32 Å². The van der Waals surface area contributed by atoms with Crippen molar-refractivity contribution in [3.8, 4) is 0 Å². The van der Waals surface area contributed by atoms with Gasteiger partial charge in [-0.1, -0.05) is 38.1 Å². The fraction of sp³-hybridized carbons (Fsp3) is 0.591. The number of rotatable bonds is 10. The summed E-state index contributed by atoms with van der Waals surface area (Å²) in [4.78, 5) is 83.7. The number of carbonyl (C=O) groups excluding carboxylic acids is 6. The standard InChI is InChI=1S/C44H55NO16S/c1-10-55-39(53)58-32-29-22(2)25(57-37(51)31(48)30(26-17-14-18-62-26)45-38(52)61-40(4,5)6)20-44(54,41(29,7)8)35(59-36(50)24-15-12-11-13-16-24)33-42(9,34(32)49)27(47)19-28-43(33,21-56-28)60-23(3)46/h11-18,25,27-28,30-33,35,47-48,54H,10,19-21H2,1-9H3,(H,45,52)/t25-,27-,28+,30-,31+,32+,33?,35-,42+,43-,44+/m0/s1. The molecule has 1 saturated heterocycles. The van der Waals surface area contributed by atoms with Crippen LogP contribution in [0.3, 0.4) is 0 Å². The molecule has 1 aliphatic heterocycles. The molecule has 62 heavy (non-hydrogen) atoms. The number of alkyl carbamates (subject to hydrolysis) is 1. The predicted octanol–water partition coefficient (Wildman–Crippen LogP) is 4.50. The van der Waals surface area contributed by atoms with Crippen molar-refractivity contribution in [3.05, 3.63) is 69.4 Å². The normalized spacial score (nSPS) is 32.2. The Bertz CT molecular complexity index is 2100. The first-order valence-corrected chi connectivity index (χ1v) is 21.3. The lowest BCUT2D eigenvalue weighted by Gasteiger charge is -2.67. The molecule has 1 aromatic heterocycles. The lowest BCUT2D eigenvalue weighted by molar-refractivity contribution is -0.346. The minimum Gasteiger partial charge on any atom is -0.456 e. The first-order chi connectivity index (χ1) is 28.9. The van der Waals surface area contributed by atoms with Crippen LogP contribution in [0.1, 0.15) is 96.4 Å². The Morgan fingerprint density at radius 1 is 1.02 bits per heavy atom. The van der Waals surface area contributed by atoms with Crippen molar-refractivity contribution in [3.63, 3.8) is 0 Å². The summed E-state index contributed by atoms with van der Waals surface area (Å²) >= 11 is 1.13. The SMILES string of the molecule is CCOC(=O)O[C@H]1C(=O)[C@@]2(C)C([C@H](OC(=O)c3ccccc3)[C@]3(O)C[C@H](OC(=O)[C@H](O)[C@@H](NC(=O)OC(C)(C)C)c4cccs4)C(C)=C1C3(C)C)[C@]1(OC(C)=O)CO[C@@H]1C[C@@H]2O. The molecule has 11 atom stereocenters. The molecule has 18 heteroatoms.